The van der Waals surface area contributed by atoms with E-state index < -0.39 is 20.7 Å². The summed E-state index contributed by atoms with van der Waals surface area (Å²) in [6.07, 6.45) is 2.17. The first kappa shape index (κ1) is 14.5. The zero-order valence-electron chi connectivity index (χ0n) is 10.9. The lowest BCUT2D eigenvalue weighted by molar-refractivity contribution is 0.558. The van der Waals surface area contributed by atoms with Crippen molar-refractivity contribution in [3.05, 3.63) is 42.0 Å². The van der Waals surface area contributed by atoms with E-state index in [9.17, 15) is 12.8 Å². The van der Waals surface area contributed by atoms with Crippen LogP contribution in [0.5, 0.6) is 0 Å². The lowest BCUT2D eigenvalue weighted by atomic mass is 10.3. The van der Waals surface area contributed by atoms with Crippen LogP contribution in [0, 0.1) is 5.82 Å². The number of anilines is 1. The highest BCUT2D eigenvalue weighted by atomic mass is 32.2. The number of halogens is 1. The molecule has 0 unspecified atom stereocenters. The topological polar surface area (TPSA) is 90.0 Å². The molecule has 1 aromatic heterocycles. The van der Waals surface area contributed by atoms with Crippen molar-refractivity contribution in [2.45, 2.75) is 11.3 Å². The van der Waals surface area contributed by atoms with E-state index in [0.717, 1.165) is 11.8 Å². The summed E-state index contributed by atoms with van der Waals surface area (Å²) >= 11 is 0. The Morgan fingerprint density at radius 1 is 1.40 bits per heavy atom. The van der Waals surface area contributed by atoms with Crippen LogP contribution in [0.4, 0.5) is 10.1 Å². The lowest BCUT2D eigenvalue weighted by Gasteiger charge is -2.09. The molecule has 0 aliphatic carbocycles. The monoisotopic (exact) mass is 298 g/mol. The number of nitrogens with zero attached hydrogens (tertiary/aromatic N) is 2. The van der Waals surface area contributed by atoms with Gasteiger partial charge in [0, 0.05) is 26.2 Å². The third kappa shape index (κ3) is 3.14. The lowest BCUT2D eigenvalue weighted by Crippen LogP contribution is -2.27. The quantitative estimate of drug-likeness (QED) is 0.794. The van der Waals surface area contributed by atoms with Gasteiger partial charge in [0.2, 0.25) is 10.0 Å². The molecule has 0 amide bonds. The van der Waals surface area contributed by atoms with Gasteiger partial charge in [0.05, 0.1) is 11.4 Å². The number of benzene rings is 1. The van der Waals surface area contributed by atoms with Gasteiger partial charge in [-0.25, -0.2) is 17.5 Å². The Hall–Kier alpha value is -1.93. The molecule has 0 aliphatic rings. The van der Waals surface area contributed by atoms with E-state index in [2.05, 4.69) is 9.82 Å². The Balaban J connectivity index is 2.08. The first-order valence-electron chi connectivity index (χ1n) is 5.92. The highest BCUT2D eigenvalue weighted by Gasteiger charge is 2.21. The minimum Gasteiger partial charge on any atom is -0.398 e. The number of aryl methyl sites for hydroxylation is 1. The van der Waals surface area contributed by atoms with E-state index in [1.807, 2.05) is 0 Å². The summed E-state index contributed by atoms with van der Waals surface area (Å²) in [5, 5.41) is 4.12. The number of rotatable bonds is 5. The van der Waals surface area contributed by atoms with Crippen LogP contribution in [0.15, 0.2) is 35.4 Å². The van der Waals surface area contributed by atoms with Crippen molar-refractivity contribution >= 4 is 15.7 Å². The predicted molar refractivity (Wildman–Crippen MR) is 72.9 cm³/mol. The fraction of sp³-hybridized carbons (Fsp3) is 0.250. The normalized spacial score (nSPS) is 11.7. The number of sulfonamides is 1. The minimum atomic E-state index is -3.97. The molecule has 2 aromatic rings. The molecule has 3 N–H and O–H groups in total. The van der Waals surface area contributed by atoms with Crippen LogP contribution < -0.4 is 10.5 Å². The molecule has 0 saturated heterocycles. The summed E-state index contributed by atoms with van der Waals surface area (Å²) in [7, 11) is -2.20. The predicted octanol–water partition coefficient (Wildman–Crippen LogP) is 0.662. The molecular formula is C12H15FN4O2S. The van der Waals surface area contributed by atoms with Gasteiger partial charge in [0.25, 0.3) is 0 Å². The van der Waals surface area contributed by atoms with Crippen molar-refractivity contribution in [2.75, 3.05) is 12.3 Å². The number of nitrogens with two attached hydrogens (primary N) is 1. The van der Waals surface area contributed by atoms with Crippen molar-refractivity contribution in [3.8, 4) is 0 Å². The zero-order valence-corrected chi connectivity index (χ0v) is 11.7. The maximum absolute atomic E-state index is 13.6. The van der Waals surface area contributed by atoms with Gasteiger partial charge in [-0.3, -0.25) is 4.68 Å². The molecule has 0 fully saturated rings. The van der Waals surface area contributed by atoms with Crippen LogP contribution in [0.25, 0.3) is 0 Å². The Morgan fingerprint density at radius 3 is 2.75 bits per heavy atom. The van der Waals surface area contributed by atoms with E-state index in [0.29, 0.717) is 6.42 Å². The third-order valence-corrected chi connectivity index (χ3v) is 4.26. The van der Waals surface area contributed by atoms with Crippen molar-refractivity contribution < 1.29 is 12.8 Å². The fourth-order valence-corrected chi connectivity index (χ4v) is 3.01. The van der Waals surface area contributed by atoms with Gasteiger partial charge in [0.15, 0.2) is 0 Å². The van der Waals surface area contributed by atoms with Crippen LogP contribution in [0.2, 0.25) is 0 Å². The largest absolute Gasteiger partial charge is 0.398 e. The van der Waals surface area contributed by atoms with Crippen LogP contribution in [-0.4, -0.2) is 24.7 Å². The van der Waals surface area contributed by atoms with E-state index in [1.165, 1.54) is 12.1 Å². The van der Waals surface area contributed by atoms with Gasteiger partial charge in [-0.2, -0.15) is 5.10 Å². The Kier molecular flexibility index (Phi) is 4.05. The number of nitrogen functional groups attached to an aromatic ring is 1. The summed E-state index contributed by atoms with van der Waals surface area (Å²) in [5.41, 5.74) is 6.15. The molecule has 1 aromatic carbocycles. The van der Waals surface area contributed by atoms with E-state index in [-0.39, 0.29) is 12.2 Å². The molecule has 6 nitrogen and oxygen atoms in total. The summed E-state index contributed by atoms with van der Waals surface area (Å²) in [6.45, 7) is 0.118. The molecule has 8 heteroatoms. The van der Waals surface area contributed by atoms with Gasteiger partial charge in [0.1, 0.15) is 10.7 Å². The Bertz CT molecular complexity index is 692. The molecule has 2 rings (SSSR count). The molecule has 0 atom stereocenters. The summed E-state index contributed by atoms with van der Waals surface area (Å²) in [6, 6.07) is 5.55. The first-order valence-corrected chi connectivity index (χ1v) is 7.40. The summed E-state index contributed by atoms with van der Waals surface area (Å²) in [5.74, 6) is -0.865. The Labute approximate surface area is 116 Å². The minimum absolute atomic E-state index is 0.115. The van der Waals surface area contributed by atoms with Crippen molar-refractivity contribution in [3.63, 3.8) is 0 Å². The van der Waals surface area contributed by atoms with Crippen LogP contribution in [0.1, 0.15) is 5.69 Å². The van der Waals surface area contributed by atoms with Gasteiger partial charge < -0.3 is 5.73 Å². The smallest absolute Gasteiger partial charge is 0.245 e. The third-order valence-electron chi connectivity index (χ3n) is 2.71. The molecule has 0 radical (unpaired) electrons. The van der Waals surface area contributed by atoms with Crippen molar-refractivity contribution in [1.82, 2.24) is 14.5 Å². The van der Waals surface area contributed by atoms with Gasteiger partial charge >= 0.3 is 0 Å². The second-order valence-corrected chi connectivity index (χ2v) is 5.99. The number of hydrogen-bond donors (Lipinski definition) is 2. The average molecular weight is 298 g/mol. The fourth-order valence-electron chi connectivity index (χ4n) is 1.79. The van der Waals surface area contributed by atoms with Crippen LogP contribution >= 0.6 is 0 Å². The molecule has 0 aliphatic heterocycles. The summed E-state index contributed by atoms with van der Waals surface area (Å²) in [4.78, 5) is -0.513. The highest BCUT2D eigenvalue weighted by molar-refractivity contribution is 7.89. The molecule has 1 heterocycles. The average Bonchev–Trinajstić information content (AvgIpc) is 2.74. The molecule has 0 bridgehead atoms. The second kappa shape index (κ2) is 5.59. The molecule has 20 heavy (non-hydrogen) atoms. The molecular weight excluding hydrogens is 283 g/mol. The maximum Gasteiger partial charge on any atom is 0.245 e. The number of hydrogen-bond acceptors (Lipinski definition) is 4. The van der Waals surface area contributed by atoms with E-state index in [1.54, 1.807) is 24.0 Å². The van der Waals surface area contributed by atoms with Crippen LogP contribution in [-0.2, 0) is 23.5 Å². The maximum atomic E-state index is 13.6. The molecule has 0 saturated carbocycles. The first-order chi connectivity index (χ1) is 9.40. The molecule has 108 valence electrons. The number of nitrogens with one attached hydrogen (secondary N) is 1. The SMILES string of the molecule is Cn1ccc(CCNS(=O)(=O)c2c(N)cccc2F)n1. The van der Waals surface area contributed by atoms with E-state index in [4.69, 9.17) is 5.73 Å². The van der Waals surface area contributed by atoms with E-state index >= 15 is 0 Å². The summed E-state index contributed by atoms with van der Waals surface area (Å²) < 4.78 is 41.6. The molecule has 0 spiro atoms. The standard InChI is InChI=1S/C12H15FN4O2S/c1-17-8-6-9(16-17)5-7-15-20(18,19)12-10(13)3-2-4-11(12)14/h2-4,6,8,15H,5,7,14H2,1H3. The van der Waals surface area contributed by atoms with Gasteiger partial charge in [-0.05, 0) is 18.2 Å². The van der Waals surface area contributed by atoms with Crippen molar-refractivity contribution in [1.29, 1.82) is 0 Å². The second-order valence-electron chi connectivity index (χ2n) is 4.29. The van der Waals surface area contributed by atoms with Gasteiger partial charge in [-0.15, -0.1) is 0 Å². The Morgan fingerprint density at radius 2 is 2.15 bits per heavy atom. The number of aromatic nitrogens is 2. The van der Waals surface area contributed by atoms with Gasteiger partial charge in [-0.1, -0.05) is 6.07 Å². The van der Waals surface area contributed by atoms with Crippen molar-refractivity contribution in [2.24, 2.45) is 7.05 Å². The highest BCUT2D eigenvalue weighted by Crippen LogP contribution is 2.21. The van der Waals surface area contributed by atoms with Crippen LogP contribution in [0.3, 0.4) is 0 Å². The zero-order chi connectivity index (χ0) is 14.8.